The zero-order valence-corrected chi connectivity index (χ0v) is 15.6. The van der Waals surface area contributed by atoms with Crippen LogP contribution in [-0.4, -0.2) is 19.3 Å². The van der Waals surface area contributed by atoms with Gasteiger partial charge in [0.25, 0.3) is 0 Å². The highest BCUT2D eigenvalue weighted by Crippen LogP contribution is 2.26. The van der Waals surface area contributed by atoms with Crippen molar-refractivity contribution in [2.24, 2.45) is 0 Å². The molecule has 134 valence electrons. The van der Waals surface area contributed by atoms with E-state index in [1.54, 1.807) is 30.3 Å². The SMILES string of the molecule is COc1ccc2c(COC(=O)c3cc(SC)ccc3Cl)cc(=O)oc2c1. The van der Waals surface area contributed by atoms with Gasteiger partial charge >= 0.3 is 11.6 Å². The average molecular weight is 391 g/mol. The van der Waals surface area contributed by atoms with Gasteiger partial charge in [-0.15, -0.1) is 11.8 Å². The molecule has 2 aromatic carbocycles. The zero-order valence-electron chi connectivity index (χ0n) is 14.1. The number of halogens is 1. The van der Waals surface area contributed by atoms with Gasteiger partial charge in [0.15, 0.2) is 0 Å². The molecule has 0 bridgehead atoms. The van der Waals surface area contributed by atoms with Crippen molar-refractivity contribution in [1.29, 1.82) is 0 Å². The van der Waals surface area contributed by atoms with E-state index in [0.29, 0.717) is 27.3 Å². The van der Waals surface area contributed by atoms with Crippen LogP contribution in [0.15, 0.2) is 56.6 Å². The molecule has 0 saturated carbocycles. The standard InChI is InChI=1S/C19H15ClO5S/c1-23-12-3-5-14-11(7-18(21)25-17(14)8-12)10-24-19(22)15-9-13(26-2)4-6-16(15)20/h3-9H,10H2,1-2H3. The third kappa shape index (κ3) is 3.86. The highest BCUT2D eigenvalue weighted by molar-refractivity contribution is 7.98. The van der Waals surface area contributed by atoms with Crippen LogP contribution >= 0.6 is 23.4 Å². The van der Waals surface area contributed by atoms with E-state index in [-0.39, 0.29) is 12.2 Å². The summed E-state index contributed by atoms with van der Waals surface area (Å²) in [4.78, 5) is 25.1. The van der Waals surface area contributed by atoms with E-state index in [2.05, 4.69) is 0 Å². The molecule has 7 heteroatoms. The monoisotopic (exact) mass is 390 g/mol. The van der Waals surface area contributed by atoms with E-state index >= 15 is 0 Å². The van der Waals surface area contributed by atoms with Crippen LogP contribution in [0.4, 0.5) is 0 Å². The molecule has 0 fully saturated rings. The van der Waals surface area contributed by atoms with Crippen molar-refractivity contribution >= 4 is 40.3 Å². The van der Waals surface area contributed by atoms with Crippen molar-refractivity contribution in [3.8, 4) is 5.75 Å². The Labute approximate surface area is 158 Å². The van der Waals surface area contributed by atoms with E-state index in [0.717, 1.165) is 4.90 Å². The van der Waals surface area contributed by atoms with Gasteiger partial charge in [0, 0.05) is 28.0 Å². The summed E-state index contributed by atoms with van der Waals surface area (Å²) in [7, 11) is 1.53. The molecule has 0 aliphatic carbocycles. The summed E-state index contributed by atoms with van der Waals surface area (Å²) in [5, 5.41) is 0.983. The van der Waals surface area contributed by atoms with Gasteiger partial charge < -0.3 is 13.9 Å². The molecule has 0 N–H and O–H groups in total. The van der Waals surface area contributed by atoms with Crippen molar-refractivity contribution < 1.29 is 18.7 Å². The van der Waals surface area contributed by atoms with Crippen molar-refractivity contribution in [3.05, 3.63) is 69.0 Å². The molecule has 0 amide bonds. The fourth-order valence-corrected chi connectivity index (χ4v) is 3.10. The van der Waals surface area contributed by atoms with Crippen LogP contribution < -0.4 is 10.4 Å². The maximum atomic E-state index is 12.4. The Morgan fingerprint density at radius 1 is 1.19 bits per heavy atom. The largest absolute Gasteiger partial charge is 0.497 e. The molecule has 3 rings (SSSR count). The number of carbonyl (C=O) groups is 1. The van der Waals surface area contributed by atoms with Gasteiger partial charge in [0.05, 0.1) is 17.7 Å². The number of benzene rings is 2. The molecule has 0 saturated heterocycles. The van der Waals surface area contributed by atoms with E-state index in [4.69, 9.17) is 25.5 Å². The highest BCUT2D eigenvalue weighted by atomic mass is 35.5. The number of fused-ring (bicyclic) bond motifs is 1. The predicted molar refractivity (Wildman–Crippen MR) is 101 cm³/mol. The van der Waals surface area contributed by atoms with E-state index in [1.165, 1.54) is 24.9 Å². The first-order valence-electron chi connectivity index (χ1n) is 7.63. The summed E-state index contributed by atoms with van der Waals surface area (Å²) >= 11 is 7.59. The molecule has 5 nitrogen and oxygen atoms in total. The van der Waals surface area contributed by atoms with Crippen LogP contribution in [0.3, 0.4) is 0 Å². The third-order valence-electron chi connectivity index (χ3n) is 3.79. The number of esters is 1. The van der Waals surface area contributed by atoms with Crippen LogP contribution in [0.2, 0.25) is 5.02 Å². The molecular weight excluding hydrogens is 376 g/mol. The second kappa shape index (κ2) is 7.85. The fraction of sp³-hybridized carbons (Fsp3) is 0.158. The number of hydrogen-bond acceptors (Lipinski definition) is 6. The summed E-state index contributed by atoms with van der Waals surface area (Å²) in [6.45, 7) is -0.0763. The van der Waals surface area contributed by atoms with Crippen LogP contribution in [0.5, 0.6) is 5.75 Å². The minimum atomic E-state index is -0.555. The Morgan fingerprint density at radius 2 is 2.00 bits per heavy atom. The molecule has 0 aliphatic rings. The van der Waals surface area contributed by atoms with Crippen LogP contribution in [0.1, 0.15) is 15.9 Å². The normalized spacial score (nSPS) is 10.7. The first kappa shape index (κ1) is 18.4. The van der Waals surface area contributed by atoms with Crippen molar-refractivity contribution in [2.45, 2.75) is 11.5 Å². The van der Waals surface area contributed by atoms with Gasteiger partial charge in [-0.1, -0.05) is 11.6 Å². The fourth-order valence-electron chi connectivity index (χ4n) is 2.47. The second-order valence-corrected chi connectivity index (χ2v) is 6.66. The first-order chi connectivity index (χ1) is 12.5. The lowest BCUT2D eigenvalue weighted by atomic mass is 10.1. The predicted octanol–water partition coefficient (Wildman–Crippen LogP) is 4.53. The summed E-state index contributed by atoms with van der Waals surface area (Å²) in [5.41, 5.74) is 0.668. The lowest BCUT2D eigenvalue weighted by Gasteiger charge is -2.09. The number of carbonyl (C=O) groups excluding carboxylic acids is 1. The molecule has 1 heterocycles. The molecule has 0 radical (unpaired) electrons. The molecule has 0 aliphatic heterocycles. The van der Waals surface area contributed by atoms with Gasteiger partial charge in [0.2, 0.25) is 0 Å². The molecule has 1 aromatic heterocycles. The molecule has 0 atom stereocenters. The number of methoxy groups -OCH3 is 1. The van der Waals surface area contributed by atoms with Crippen molar-refractivity contribution in [3.63, 3.8) is 0 Å². The molecule has 26 heavy (non-hydrogen) atoms. The van der Waals surface area contributed by atoms with E-state index in [9.17, 15) is 9.59 Å². The number of thioether (sulfide) groups is 1. The summed E-state index contributed by atoms with van der Waals surface area (Å²) < 4.78 is 15.7. The maximum absolute atomic E-state index is 12.4. The maximum Gasteiger partial charge on any atom is 0.340 e. The second-order valence-electron chi connectivity index (χ2n) is 5.37. The highest BCUT2D eigenvalue weighted by Gasteiger charge is 2.15. The zero-order chi connectivity index (χ0) is 18.7. The third-order valence-corrected chi connectivity index (χ3v) is 4.84. The number of rotatable bonds is 5. The Kier molecular flexibility index (Phi) is 5.54. The van der Waals surface area contributed by atoms with Gasteiger partial charge in [-0.3, -0.25) is 0 Å². The van der Waals surface area contributed by atoms with Crippen LogP contribution in [0.25, 0.3) is 11.0 Å². The van der Waals surface area contributed by atoms with Crippen LogP contribution in [-0.2, 0) is 11.3 Å². The van der Waals surface area contributed by atoms with Gasteiger partial charge in [0.1, 0.15) is 17.9 Å². The molecular formula is C19H15ClO5S. The number of hydrogen-bond donors (Lipinski definition) is 0. The van der Waals surface area contributed by atoms with Crippen molar-refractivity contribution in [2.75, 3.05) is 13.4 Å². The smallest absolute Gasteiger partial charge is 0.340 e. The average Bonchev–Trinajstić information content (AvgIpc) is 2.65. The lowest BCUT2D eigenvalue weighted by molar-refractivity contribution is 0.0473. The summed E-state index contributed by atoms with van der Waals surface area (Å²) in [5.74, 6) is 0.0104. The lowest BCUT2D eigenvalue weighted by Crippen LogP contribution is -2.08. The van der Waals surface area contributed by atoms with Gasteiger partial charge in [-0.2, -0.15) is 0 Å². The molecule has 0 unspecified atom stereocenters. The van der Waals surface area contributed by atoms with Gasteiger partial charge in [-0.05, 0) is 36.6 Å². The Balaban J connectivity index is 1.88. The van der Waals surface area contributed by atoms with Crippen LogP contribution in [0, 0.1) is 0 Å². The summed E-state index contributed by atoms with van der Waals surface area (Å²) in [6, 6.07) is 11.6. The Hall–Kier alpha value is -2.44. The number of ether oxygens (including phenoxy) is 2. The minimum Gasteiger partial charge on any atom is -0.497 e. The Morgan fingerprint density at radius 3 is 2.73 bits per heavy atom. The van der Waals surface area contributed by atoms with E-state index < -0.39 is 11.6 Å². The van der Waals surface area contributed by atoms with Gasteiger partial charge in [-0.25, -0.2) is 9.59 Å². The van der Waals surface area contributed by atoms with E-state index in [1.807, 2.05) is 12.3 Å². The summed E-state index contributed by atoms with van der Waals surface area (Å²) in [6.07, 6.45) is 1.90. The Bertz CT molecular complexity index is 1030. The first-order valence-corrected chi connectivity index (χ1v) is 9.23. The molecule has 0 spiro atoms. The quantitative estimate of drug-likeness (QED) is 0.362. The minimum absolute atomic E-state index is 0.0763. The van der Waals surface area contributed by atoms with Crippen molar-refractivity contribution in [1.82, 2.24) is 0 Å². The molecule has 3 aromatic rings. The topological polar surface area (TPSA) is 65.7 Å².